The molecule has 0 radical (unpaired) electrons. The topological polar surface area (TPSA) is 54.7 Å². The van der Waals surface area contributed by atoms with Crippen molar-refractivity contribution in [3.8, 4) is 0 Å². The van der Waals surface area contributed by atoms with Gasteiger partial charge in [0, 0.05) is 5.69 Å². The minimum atomic E-state index is -0.0472. The number of H-pyrrole nitrogens is 1. The van der Waals surface area contributed by atoms with Crippen molar-refractivity contribution >= 4 is 0 Å². The molecule has 0 bridgehead atoms. The summed E-state index contributed by atoms with van der Waals surface area (Å²) in [6, 6.07) is 0. The van der Waals surface area contributed by atoms with Crippen molar-refractivity contribution in [1.29, 1.82) is 0 Å². The summed E-state index contributed by atoms with van der Waals surface area (Å²) >= 11 is 0. The Morgan fingerprint density at radius 2 is 2.17 bits per heavy atom. The van der Waals surface area contributed by atoms with Crippen LogP contribution in [-0.4, -0.2) is 10.2 Å². The van der Waals surface area contributed by atoms with E-state index in [2.05, 4.69) is 10.2 Å². The van der Waals surface area contributed by atoms with Gasteiger partial charge in [-0.25, -0.2) is 0 Å². The molecule has 1 saturated carbocycles. The molecule has 12 heavy (non-hydrogen) atoms. The summed E-state index contributed by atoms with van der Waals surface area (Å²) in [6.45, 7) is 0. The van der Waals surface area contributed by atoms with Gasteiger partial charge in [0.25, 0.3) is 0 Å². The lowest BCUT2D eigenvalue weighted by atomic mass is 10.1. The van der Waals surface area contributed by atoms with Gasteiger partial charge >= 0.3 is 0 Å². The Balaban J connectivity index is 2.11. The van der Waals surface area contributed by atoms with Gasteiger partial charge in [-0.3, -0.25) is 5.10 Å². The molecule has 3 heteroatoms. The molecule has 0 saturated heterocycles. The van der Waals surface area contributed by atoms with Crippen molar-refractivity contribution in [3.63, 3.8) is 0 Å². The van der Waals surface area contributed by atoms with Gasteiger partial charge in [0.05, 0.1) is 11.2 Å². The van der Waals surface area contributed by atoms with E-state index < -0.39 is 0 Å². The summed E-state index contributed by atoms with van der Waals surface area (Å²) in [5, 5.41) is 7.42. The van der Waals surface area contributed by atoms with Gasteiger partial charge in [0.15, 0.2) is 0 Å². The minimum absolute atomic E-state index is 0.0472. The van der Waals surface area contributed by atoms with E-state index in [0.717, 1.165) is 18.5 Å². The van der Waals surface area contributed by atoms with Crippen molar-refractivity contribution in [2.24, 2.45) is 5.73 Å². The van der Waals surface area contributed by atoms with Gasteiger partial charge in [0.2, 0.25) is 0 Å². The van der Waals surface area contributed by atoms with E-state index >= 15 is 0 Å². The maximum Gasteiger partial charge on any atom is 0.0855 e. The number of rotatable bonds is 1. The zero-order valence-corrected chi connectivity index (χ0v) is 7.06. The highest BCUT2D eigenvalue weighted by molar-refractivity contribution is 5.37. The van der Waals surface area contributed by atoms with Crippen LogP contribution in [0.1, 0.15) is 36.2 Å². The number of nitrogens with one attached hydrogen (secondary N) is 1. The average Bonchev–Trinajstić information content (AvgIpc) is 2.48. The molecule has 0 aromatic carbocycles. The molecule has 0 atom stereocenters. The zero-order valence-electron chi connectivity index (χ0n) is 7.06. The van der Waals surface area contributed by atoms with Gasteiger partial charge in [-0.15, -0.1) is 0 Å². The SMILES string of the molecule is NC1(c2n[nH]c3c2CCC3)CC1. The lowest BCUT2D eigenvalue weighted by Gasteiger charge is -2.05. The van der Waals surface area contributed by atoms with Crippen LogP contribution in [0.4, 0.5) is 0 Å². The standard InChI is InChI=1S/C9H13N3/c10-9(4-5-9)8-6-2-1-3-7(6)11-12-8/h1-5,10H2,(H,11,12). The fourth-order valence-corrected chi connectivity index (χ4v) is 2.10. The molecule has 1 aromatic heterocycles. The number of fused-ring (bicyclic) bond motifs is 1. The summed E-state index contributed by atoms with van der Waals surface area (Å²) in [7, 11) is 0. The lowest BCUT2D eigenvalue weighted by molar-refractivity contribution is 0.685. The summed E-state index contributed by atoms with van der Waals surface area (Å²) in [6.07, 6.45) is 5.85. The van der Waals surface area contributed by atoms with Gasteiger partial charge in [-0.1, -0.05) is 0 Å². The number of nitrogens with two attached hydrogens (primary N) is 1. The third-order valence-electron chi connectivity index (χ3n) is 3.07. The van der Waals surface area contributed by atoms with Gasteiger partial charge < -0.3 is 5.73 Å². The quantitative estimate of drug-likeness (QED) is 0.644. The van der Waals surface area contributed by atoms with Crippen molar-refractivity contribution in [3.05, 3.63) is 17.0 Å². The molecule has 3 rings (SSSR count). The molecule has 3 N–H and O–H groups in total. The maximum absolute atomic E-state index is 6.10. The molecule has 0 spiro atoms. The molecule has 1 heterocycles. The Bertz CT molecular complexity index is 323. The number of nitrogens with zero attached hydrogens (tertiary/aromatic N) is 1. The summed E-state index contributed by atoms with van der Waals surface area (Å²) in [5.41, 5.74) is 9.98. The highest BCUT2D eigenvalue weighted by Gasteiger charge is 2.44. The molecule has 2 aliphatic carbocycles. The van der Waals surface area contributed by atoms with Crippen molar-refractivity contribution in [2.45, 2.75) is 37.6 Å². The van der Waals surface area contributed by atoms with Crippen LogP contribution in [0, 0.1) is 0 Å². The smallest absolute Gasteiger partial charge is 0.0855 e. The van der Waals surface area contributed by atoms with Gasteiger partial charge in [-0.05, 0) is 37.7 Å². The Kier molecular flexibility index (Phi) is 1.06. The average molecular weight is 163 g/mol. The van der Waals surface area contributed by atoms with Crippen LogP contribution in [0.5, 0.6) is 0 Å². The molecule has 1 aromatic rings. The zero-order chi connectivity index (χ0) is 8.18. The maximum atomic E-state index is 6.10. The van der Waals surface area contributed by atoms with Crippen LogP contribution < -0.4 is 5.73 Å². The largest absolute Gasteiger partial charge is 0.320 e. The molecule has 0 amide bonds. The lowest BCUT2D eigenvalue weighted by Crippen LogP contribution is -2.20. The Morgan fingerprint density at radius 1 is 1.33 bits per heavy atom. The van der Waals surface area contributed by atoms with E-state index in [4.69, 9.17) is 5.73 Å². The highest BCUT2D eigenvalue weighted by Crippen LogP contribution is 2.44. The van der Waals surface area contributed by atoms with Crippen LogP contribution in [0.25, 0.3) is 0 Å². The molecule has 64 valence electrons. The van der Waals surface area contributed by atoms with Gasteiger partial charge in [-0.2, -0.15) is 5.10 Å². The van der Waals surface area contributed by atoms with Crippen LogP contribution in [0.2, 0.25) is 0 Å². The van der Waals surface area contributed by atoms with Crippen molar-refractivity contribution in [1.82, 2.24) is 10.2 Å². The second kappa shape index (κ2) is 1.91. The third-order valence-corrected chi connectivity index (χ3v) is 3.07. The molecule has 0 unspecified atom stereocenters. The first kappa shape index (κ1) is 6.66. The first-order chi connectivity index (χ1) is 5.80. The number of aromatic nitrogens is 2. The second-order valence-electron chi connectivity index (χ2n) is 4.04. The summed E-state index contributed by atoms with van der Waals surface area (Å²) in [4.78, 5) is 0. The van der Waals surface area contributed by atoms with E-state index in [1.165, 1.54) is 30.5 Å². The Morgan fingerprint density at radius 3 is 2.92 bits per heavy atom. The Hall–Kier alpha value is -0.830. The fourth-order valence-electron chi connectivity index (χ4n) is 2.10. The summed E-state index contributed by atoms with van der Waals surface area (Å²) in [5.74, 6) is 0. The van der Waals surface area contributed by atoms with E-state index in [1.807, 2.05) is 0 Å². The van der Waals surface area contributed by atoms with E-state index in [-0.39, 0.29) is 5.54 Å². The van der Waals surface area contributed by atoms with Crippen LogP contribution in [0.15, 0.2) is 0 Å². The molecular weight excluding hydrogens is 150 g/mol. The fraction of sp³-hybridized carbons (Fsp3) is 0.667. The minimum Gasteiger partial charge on any atom is -0.320 e. The van der Waals surface area contributed by atoms with Gasteiger partial charge in [0.1, 0.15) is 0 Å². The predicted molar refractivity (Wildman–Crippen MR) is 45.7 cm³/mol. The second-order valence-corrected chi connectivity index (χ2v) is 4.04. The normalized spacial score (nSPS) is 24.1. The van der Waals surface area contributed by atoms with Crippen LogP contribution in [0.3, 0.4) is 0 Å². The number of aryl methyl sites for hydroxylation is 1. The first-order valence-electron chi connectivity index (χ1n) is 4.65. The number of hydrogen-bond donors (Lipinski definition) is 2. The highest BCUT2D eigenvalue weighted by atomic mass is 15.2. The Labute approximate surface area is 71.3 Å². The van der Waals surface area contributed by atoms with E-state index in [9.17, 15) is 0 Å². The van der Waals surface area contributed by atoms with Crippen molar-refractivity contribution in [2.75, 3.05) is 0 Å². The molecule has 2 aliphatic rings. The third kappa shape index (κ3) is 0.719. The van der Waals surface area contributed by atoms with E-state index in [1.54, 1.807) is 0 Å². The molecule has 3 nitrogen and oxygen atoms in total. The number of aromatic amines is 1. The van der Waals surface area contributed by atoms with Crippen LogP contribution in [-0.2, 0) is 18.4 Å². The first-order valence-corrected chi connectivity index (χ1v) is 4.65. The van der Waals surface area contributed by atoms with Crippen molar-refractivity contribution < 1.29 is 0 Å². The number of hydrogen-bond acceptors (Lipinski definition) is 2. The monoisotopic (exact) mass is 163 g/mol. The molecule has 1 fully saturated rings. The summed E-state index contributed by atoms with van der Waals surface area (Å²) < 4.78 is 0. The van der Waals surface area contributed by atoms with Crippen LogP contribution >= 0.6 is 0 Å². The van der Waals surface area contributed by atoms with E-state index in [0.29, 0.717) is 0 Å². The molecule has 0 aliphatic heterocycles. The predicted octanol–water partition coefficient (Wildman–Crippen LogP) is 0.846. The molecular formula is C9H13N3.